The van der Waals surface area contributed by atoms with Gasteiger partial charge in [-0.25, -0.2) is 0 Å². The molecule has 0 amide bonds. The second kappa shape index (κ2) is 8.54. The van der Waals surface area contributed by atoms with Crippen molar-refractivity contribution in [3.8, 4) is 0 Å². The number of benzene rings is 4. The highest BCUT2D eigenvalue weighted by atomic mass is 15.0. The number of fused-ring (bicyclic) bond motifs is 2. The lowest BCUT2D eigenvalue weighted by Crippen LogP contribution is -2.47. The van der Waals surface area contributed by atoms with Crippen molar-refractivity contribution in [1.82, 2.24) is 0 Å². The van der Waals surface area contributed by atoms with Crippen molar-refractivity contribution in [2.24, 2.45) is 0 Å². The van der Waals surface area contributed by atoms with Crippen molar-refractivity contribution in [3.63, 3.8) is 0 Å². The lowest BCUT2D eigenvalue weighted by atomic mass is 9.70. The lowest BCUT2D eigenvalue weighted by Gasteiger charge is -2.41. The molecular formula is C36H42N4. The maximum Gasteiger partial charge on any atom is 0.0580 e. The van der Waals surface area contributed by atoms with Crippen LogP contribution in [0.15, 0.2) is 84.9 Å². The van der Waals surface area contributed by atoms with Gasteiger partial charge in [-0.15, -0.1) is 0 Å². The van der Waals surface area contributed by atoms with Crippen LogP contribution in [0.1, 0.15) is 81.3 Å². The molecular weight excluding hydrogens is 488 g/mol. The van der Waals surface area contributed by atoms with Gasteiger partial charge in [-0.1, -0.05) is 83.1 Å². The molecule has 0 heterocycles. The lowest BCUT2D eigenvalue weighted by molar-refractivity contribution is 0.374. The van der Waals surface area contributed by atoms with Gasteiger partial charge in [0.05, 0.1) is 11.4 Å². The third kappa shape index (κ3) is 3.65. The summed E-state index contributed by atoms with van der Waals surface area (Å²) in [5, 5.41) is 4.03. The highest BCUT2D eigenvalue weighted by molar-refractivity contribution is 5.74. The standard InChI is InChI=1S/C36H42N4/c1-33(2)21-35(5,22-11-15-24(37)16-12-22)29-20-31(30(39)19-28(29)33)40-32-34(3,4)26-9-7-8-10-27(26)36(32,6)23-13-17-25(38)18-14-23/h7-20,32,40H,21,37-39H2,1-6H3. The topological polar surface area (TPSA) is 90.1 Å². The van der Waals surface area contributed by atoms with Gasteiger partial charge in [-0.05, 0) is 88.5 Å². The molecule has 4 nitrogen and oxygen atoms in total. The van der Waals surface area contributed by atoms with Crippen molar-refractivity contribution in [1.29, 1.82) is 0 Å². The molecule has 206 valence electrons. The van der Waals surface area contributed by atoms with Gasteiger partial charge in [-0.2, -0.15) is 0 Å². The van der Waals surface area contributed by atoms with Crippen LogP contribution in [0.3, 0.4) is 0 Å². The van der Waals surface area contributed by atoms with E-state index < -0.39 is 0 Å². The molecule has 4 aromatic rings. The molecule has 4 heteroatoms. The maximum atomic E-state index is 6.89. The van der Waals surface area contributed by atoms with Crippen LogP contribution in [0.4, 0.5) is 22.7 Å². The molecule has 6 rings (SSSR count). The van der Waals surface area contributed by atoms with Crippen molar-refractivity contribution >= 4 is 22.7 Å². The van der Waals surface area contributed by atoms with Gasteiger partial charge in [0, 0.05) is 33.7 Å². The zero-order chi connectivity index (χ0) is 28.7. The Hall–Kier alpha value is -3.92. The first kappa shape index (κ1) is 26.3. The first-order chi connectivity index (χ1) is 18.8. The molecule has 0 aliphatic heterocycles. The molecule has 3 atom stereocenters. The number of hydrogen-bond acceptors (Lipinski definition) is 4. The minimum atomic E-state index is -0.293. The first-order valence-electron chi connectivity index (χ1n) is 14.3. The highest BCUT2D eigenvalue weighted by Gasteiger charge is 2.55. The van der Waals surface area contributed by atoms with Gasteiger partial charge in [-0.3, -0.25) is 0 Å². The Kier molecular flexibility index (Phi) is 5.62. The van der Waals surface area contributed by atoms with Crippen LogP contribution >= 0.6 is 0 Å². The van der Waals surface area contributed by atoms with Crippen LogP contribution in [-0.4, -0.2) is 6.04 Å². The van der Waals surface area contributed by atoms with Crippen molar-refractivity contribution < 1.29 is 0 Å². The molecule has 40 heavy (non-hydrogen) atoms. The molecule has 2 aliphatic rings. The number of nitrogens with two attached hydrogens (primary N) is 3. The summed E-state index contributed by atoms with van der Waals surface area (Å²) >= 11 is 0. The molecule has 0 fully saturated rings. The van der Waals surface area contributed by atoms with E-state index in [0.717, 1.165) is 29.2 Å². The summed E-state index contributed by atoms with van der Waals surface area (Å²) in [7, 11) is 0. The Balaban J connectivity index is 1.51. The van der Waals surface area contributed by atoms with Crippen LogP contribution in [0.5, 0.6) is 0 Å². The van der Waals surface area contributed by atoms with E-state index in [0.29, 0.717) is 0 Å². The summed E-state index contributed by atoms with van der Waals surface area (Å²) in [5.41, 5.74) is 29.7. The molecule has 3 unspecified atom stereocenters. The third-order valence-electron chi connectivity index (χ3n) is 10.1. The molecule has 0 bridgehead atoms. The maximum absolute atomic E-state index is 6.89. The predicted octanol–water partition coefficient (Wildman–Crippen LogP) is 7.50. The minimum Gasteiger partial charge on any atom is -0.399 e. The van der Waals surface area contributed by atoms with Crippen LogP contribution < -0.4 is 22.5 Å². The quantitative estimate of drug-likeness (QED) is 0.206. The van der Waals surface area contributed by atoms with E-state index in [9.17, 15) is 0 Å². The van der Waals surface area contributed by atoms with E-state index in [1.807, 2.05) is 24.3 Å². The number of hydrogen-bond donors (Lipinski definition) is 4. The largest absolute Gasteiger partial charge is 0.399 e. The summed E-state index contributed by atoms with van der Waals surface area (Å²) < 4.78 is 0. The van der Waals surface area contributed by atoms with E-state index in [1.165, 1.54) is 33.4 Å². The Morgan fingerprint density at radius 2 is 1.18 bits per heavy atom. The fraction of sp³-hybridized carbons (Fsp3) is 0.333. The molecule has 7 N–H and O–H groups in total. The van der Waals surface area contributed by atoms with Crippen LogP contribution in [-0.2, 0) is 21.7 Å². The van der Waals surface area contributed by atoms with Gasteiger partial charge in [0.15, 0.2) is 0 Å². The van der Waals surface area contributed by atoms with Crippen LogP contribution in [0.2, 0.25) is 0 Å². The Labute approximate surface area is 239 Å². The SMILES string of the molecule is CC1(C)CC(C)(c2ccc(N)cc2)c2cc(NC3C(C)(C)c4ccccc4C3(C)c3ccc(N)cc3)c(N)cc21. The minimum absolute atomic E-state index is 0.000527. The summed E-state index contributed by atoms with van der Waals surface area (Å²) in [6.45, 7) is 14.1. The summed E-state index contributed by atoms with van der Waals surface area (Å²) in [6, 6.07) is 30.2. The number of anilines is 4. The van der Waals surface area contributed by atoms with E-state index in [1.54, 1.807) is 0 Å². The monoisotopic (exact) mass is 530 g/mol. The summed E-state index contributed by atoms with van der Waals surface area (Å²) in [4.78, 5) is 0. The summed E-state index contributed by atoms with van der Waals surface area (Å²) in [6.07, 6.45) is 1.01. The van der Waals surface area contributed by atoms with Crippen molar-refractivity contribution in [3.05, 3.63) is 118 Å². The van der Waals surface area contributed by atoms with Crippen molar-refractivity contribution in [2.75, 3.05) is 22.5 Å². The second-order valence-corrected chi connectivity index (χ2v) is 13.7. The Morgan fingerprint density at radius 3 is 1.77 bits per heavy atom. The normalized spacial score (nSPS) is 25.8. The molecule has 2 aliphatic carbocycles. The smallest absolute Gasteiger partial charge is 0.0580 e. The van der Waals surface area contributed by atoms with E-state index in [2.05, 4.69) is 108 Å². The third-order valence-corrected chi connectivity index (χ3v) is 10.1. The van der Waals surface area contributed by atoms with Gasteiger partial charge < -0.3 is 22.5 Å². The molecule has 0 spiro atoms. The number of nitrogens with one attached hydrogen (secondary N) is 1. The fourth-order valence-corrected chi connectivity index (χ4v) is 8.10. The summed E-state index contributed by atoms with van der Waals surface area (Å²) in [5.74, 6) is 0. The highest BCUT2D eigenvalue weighted by Crippen LogP contribution is 2.57. The molecule has 0 aromatic heterocycles. The predicted molar refractivity (Wildman–Crippen MR) is 170 cm³/mol. The van der Waals surface area contributed by atoms with Gasteiger partial charge in [0.1, 0.15) is 0 Å². The molecule has 4 aromatic carbocycles. The van der Waals surface area contributed by atoms with Gasteiger partial charge in [0.25, 0.3) is 0 Å². The van der Waals surface area contributed by atoms with Crippen molar-refractivity contribution in [2.45, 2.75) is 75.7 Å². The first-order valence-corrected chi connectivity index (χ1v) is 14.3. The molecule has 0 saturated carbocycles. The average molecular weight is 531 g/mol. The zero-order valence-electron chi connectivity index (χ0n) is 24.6. The Bertz CT molecular complexity index is 1600. The molecule has 0 radical (unpaired) electrons. The van der Waals surface area contributed by atoms with Crippen LogP contribution in [0, 0.1) is 0 Å². The number of nitrogen functional groups attached to an aromatic ring is 3. The van der Waals surface area contributed by atoms with E-state index in [-0.39, 0.29) is 27.7 Å². The zero-order valence-corrected chi connectivity index (χ0v) is 24.6. The van der Waals surface area contributed by atoms with Gasteiger partial charge >= 0.3 is 0 Å². The van der Waals surface area contributed by atoms with Crippen LogP contribution in [0.25, 0.3) is 0 Å². The number of rotatable bonds is 4. The van der Waals surface area contributed by atoms with E-state index in [4.69, 9.17) is 17.2 Å². The second-order valence-electron chi connectivity index (χ2n) is 13.7. The molecule has 0 saturated heterocycles. The van der Waals surface area contributed by atoms with E-state index >= 15 is 0 Å². The average Bonchev–Trinajstić information content (AvgIpc) is 3.22. The fourth-order valence-electron chi connectivity index (χ4n) is 8.10. The van der Waals surface area contributed by atoms with Gasteiger partial charge in [0.2, 0.25) is 0 Å². The Morgan fingerprint density at radius 1 is 0.625 bits per heavy atom.